The molecule has 41 heavy (non-hydrogen) atoms. The van der Waals surface area contributed by atoms with Crippen LogP contribution in [0, 0.1) is 0 Å². The summed E-state index contributed by atoms with van der Waals surface area (Å²) in [5.41, 5.74) is 9.49. The lowest BCUT2D eigenvalue weighted by Crippen LogP contribution is -2.50. The third-order valence-corrected chi connectivity index (χ3v) is 8.64. The minimum atomic E-state index is -0.313. The van der Waals surface area contributed by atoms with Crippen molar-refractivity contribution in [3.05, 3.63) is 121 Å². The Bertz CT molecular complexity index is 2330. The van der Waals surface area contributed by atoms with Gasteiger partial charge in [-0.15, -0.1) is 0 Å². The summed E-state index contributed by atoms with van der Waals surface area (Å²) < 4.78 is 15.2. The van der Waals surface area contributed by atoms with Gasteiger partial charge >= 0.3 is 7.05 Å². The van der Waals surface area contributed by atoms with Gasteiger partial charge in [-0.25, -0.2) is 4.98 Å². The Morgan fingerprint density at radius 3 is 2.12 bits per heavy atom. The van der Waals surface area contributed by atoms with Gasteiger partial charge in [-0.2, -0.15) is 0 Å². The van der Waals surface area contributed by atoms with Gasteiger partial charge in [0.15, 0.2) is 0 Å². The topological polar surface area (TPSA) is 43.4 Å². The second-order valence-corrected chi connectivity index (χ2v) is 10.8. The van der Waals surface area contributed by atoms with Crippen LogP contribution in [0.25, 0.3) is 60.7 Å². The minimum Gasteiger partial charge on any atom is -0.536 e. The maximum Gasteiger partial charge on any atom is 0.526 e. The summed E-state index contributed by atoms with van der Waals surface area (Å²) in [4.78, 5) is 7.33. The molecule has 2 aliphatic heterocycles. The van der Waals surface area contributed by atoms with Gasteiger partial charge in [0.1, 0.15) is 22.7 Å². The smallest absolute Gasteiger partial charge is 0.526 e. The van der Waals surface area contributed by atoms with Gasteiger partial charge in [-0.05, 0) is 42.0 Å². The first-order chi connectivity index (χ1) is 20.3. The molecule has 0 unspecified atom stereocenters. The van der Waals surface area contributed by atoms with Crippen LogP contribution < -0.4 is 14.9 Å². The molecule has 190 valence electrons. The number of furan rings is 1. The van der Waals surface area contributed by atoms with Crippen molar-refractivity contribution in [3.8, 4) is 22.7 Å². The standard InChI is InChI=1S/C35H20BN3O2/c1-5-13-28-21(9-1)22-10-2-6-14-29(22)38(28)35-18-25-23-11-3-7-15-30(23)39-31-19-33-26(24-12-4-8-16-32(24)40-33)17-34(31)41-36(39)27(25)20-37-35/h1-20H. The molecule has 0 amide bonds. The third kappa shape index (κ3) is 2.73. The van der Waals surface area contributed by atoms with Crippen LogP contribution in [0.5, 0.6) is 5.75 Å². The van der Waals surface area contributed by atoms with Crippen molar-refractivity contribution in [1.82, 2.24) is 9.55 Å². The van der Waals surface area contributed by atoms with E-state index in [1.807, 2.05) is 24.4 Å². The highest BCUT2D eigenvalue weighted by molar-refractivity contribution is 6.77. The normalized spacial score (nSPS) is 13.5. The summed E-state index contributed by atoms with van der Waals surface area (Å²) in [6, 6.07) is 40.2. The lowest BCUT2D eigenvalue weighted by atomic mass is 9.65. The van der Waals surface area contributed by atoms with Gasteiger partial charge in [-0.3, -0.25) is 4.57 Å². The molecule has 10 rings (SSSR count). The zero-order valence-electron chi connectivity index (χ0n) is 21.8. The van der Waals surface area contributed by atoms with Crippen molar-refractivity contribution in [1.29, 1.82) is 0 Å². The number of aromatic nitrogens is 2. The molecule has 6 heteroatoms. The van der Waals surface area contributed by atoms with Crippen LogP contribution in [-0.2, 0) is 0 Å². The van der Waals surface area contributed by atoms with E-state index in [0.29, 0.717) is 0 Å². The predicted octanol–water partition coefficient (Wildman–Crippen LogP) is 7.98. The third-order valence-electron chi connectivity index (χ3n) is 8.64. The predicted molar refractivity (Wildman–Crippen MR) is 166 cm³/mol. The van der Waals surface area contributed by atoms with E-state index in [4.69, 9.17) is 14.1 Å². The van der Waals surface area contributed by atoms with Crippen LogP contribution in [0.2, 0.25) is 0 Å². The van der Waals surface area contributed by atoms with Crippen LogP contribution in [-0.4, -0.2) is 16.6 Å². The lowest BCUT2D eigenvalue weighted by molar-refractivity contribution is 0.603. The molecular weight excluding hydrogens is 505 g/mol. The highest BCUT2D eigenvalue weighted by Gasteiger charge is 2.46. The zero-order chi connectivity index (χ0) is 26.7. The van der Waals surface area contributed by atoms with Crippen molar-refractivity contribution < 1.29 is 9.07 Å². The molecule has 0 atom stereocenters. The summed E-state index contributed by atoms with van der Waals surface area (Å²) >= 11 is 0. The van der Waals surface area contributed by atoms with Crippen LogP contribution >= 0.6 is 0 Å². The lowest BCUT2D eigenvalue weighted by Gasteiger charge is -2.31. The maximum absolute atomic E-state index is 6.73. The fraction of sp³-hybridized carbons (Fsp3) is 0. The number of hydrogen-bond donors (Lipinski definition) is 0. The maximum atomic E-state index is 6.73. The van der Waals surface area contributed by atoms with Crippen LogP contribution in [0.1, 0.15) is 0 Å². The Morgan fingerprint density at radius 1 is 0.585 bits per heavy atom. The number of anilines is 2. The quantitative estimate of drug-likeness (QED) is 0.204. The summed E-state index contributed by atoms with van der Waals surface area (Å²) in [7, 11) is -0.313. The molecular formula is C35H20BN3O2. The summed E-state index contributed by atoms with van der Waals surface area (Å²) in [5, 5.41) is 4.60. The van der Waals surface area contributed by atoms with Crippen molar-refractivity contribution in [2.45, 2.75) is 0 Å². The molecule has 0 N–H and O–H groups in total. The molecule has 8 aromatic rings. The largest absolute Gasteiger partial charge is 0.536 e. The molecule has 5 nitrogen and oxygen atoms in total. The average Bonchev–Trinajstić information content (AvgIpc) is 3.69. The highest BCUT2D eigenvalue weighted by atomic mass is 16.5. The molecule has 3 aromatic heterocycles. The van der Waals surface area contributed by atoms with E-state index >= 15 is 0 Å². The monoisotopic (exact) mass is 525 g/mol. The molecule has 0 fully saturated rings. The van der Waals surface area contributed by atoms with Gasteiger partial charge in [0.25, 0.3) is 0 Å². The number of hydrogen-bond acceptors (Lipinski definition) is 4. The first-order valence-corrected chi connectivity index (χ1v) is 13.8. The van der Waals surface area contributed by atoms with Crippen molar-refractivity contribution >= 4 is 67.6 Å². The van der Waals surface area contributed by atoms with E-state index in [2.05, 4.69) is 106 Å². The summed E-state index contributed by atoms with van der Waals surface area (Å²) in [6.07, 6.45) is 1.99. The number of benzene rings is 5. The fourth-order valence-corrected chi connectivity index (χ4v) is 6.87. The molecule has 5 heterocycles. The minimum absolute atomic E-state index is 0.313. The number of pyridine rings is 1. The van der Waals surface area contributed by atoms with E-state index in [9.17, 15) is 0 Å². The fourth-order valence-electron chi connectivity index (χ4n) is 6.87. The Hall–Kier alpha value is -5.49. The van der Waals surface area contributed by atoms with E-state index in [-0.39, 0.29) is 7.05 Å². The van der Waals surface area contributed by atoms with Crippen molar-refractivity contribution in [2.24, 2.45) is 0 Å². The Morgan fingerprint density at radius 2 is 1.29 bits per heavy atom. The van der Waals surface area contributed by atoms with Crippen LogP contribution in [0.15, 0.2) is 126 Å². The number of para-hydroxylation sites is 4. The Balaban J connectivity index is 1.20. The average molecular weight is 525 g/mol. The molecule has 0 aliphatic carbocycles. The second kappa shape index (κ2) is 7.58. The van der Waals surface area contributed by atoms with Gasteiger partial charge in [0, 0.05) is 50.5 Å². The number of nitrogens with zero attached hydrogens (tertiary/aromatic N) is 3. The first kappa shape index (κ1) is 21.4. The van der Waals surface area contributed by atoms with E-state index in [0.717, 1.165) is 72.5 Å². The van der Waals surface area contributed by atoms with Crippen LogP contribution in [0.3, 0.4) is 0 Å². The first-order valence-electron chi connectivity index (χ1n) is 13.8. The Labute approximate surface area is 235 Å². The molecule has 0 saturated heterocycles. The zero-order valence-corrected chi connectivity index (χ0v) is 21.8. The van der Waals surface area contributed by atoms with Gasteiger partial charge in [0.2, 0.25) is 0 Å². The van der Waals surface area contributed by atoms with E-state index in [1.165, 1.54) is 10.8 Å². The molecule has 0 spiro atoms. The molecule has 2 aliphatic rings. The van der Waals surface area contributed by atoms with Crippen molar-refractivity contribution in [2.75, 3.05) is 4.81 Å². The van der Waals surface area contributed by atoms with E-state index < -0.39 is 0 Å². The highest BCUT2D eigenvalue weighted by Crippen LogP contribution is 2.49. The molecule has 0 saturated carbocycles. The second-order valence-electron chi connectivity index (χ2n) is 10.8. The molecule has 0 bridgehead atoms. The van der Waals surface area contributed by atoms with Gasteiger partial charge < -0.3 is 13.9 Å². The Kier molecular flexibility index (Phi) is 3.95. The van der Waals surface area contributed by atoms with Gasteiger partial charge in [0.05, 0.1) is 16.7 Å². The molecule has 5 aromatic carbocycles. The van der Waals surface area contributed by atoms with E-state index in [1.54, 1.807) is 0 Å². The SMILES string of the molecule is c1ccc2c(c1)-c1cc(-n3c4ccccc4c4ccccc43)ncc1B1Oc3cc4c(cc3N12)oc1ccccc14. The van der Waals surface area contributed by atoms with Crippen LogP contribution in [0.4, 0.5) is 11.4 Å². The van der Waals surface area contributed by atoms with Gasteiger partial charge in [-0.1, -0.05) is 72.8 Å². The summed E-state index contributed by atoms with van der Waals surface area (Å²) in [5.74, 6) is 1.74. The molecule has 0 radical (unpaired) electrons. The number of fused-ring (bicyclic) bond motifs is 14. The number of rotatable bonds is 1. The van der Waals surface area contributed by atoms with Crippen molar-refractivity contribution in [3.63, 3.8) is 0 Å². The summed E-state index contributed by atoms with van der Waals surface area (Å²) in [6.45, 7) is 0.